The first-order valence-electron chi connectivity index (χ1n) is 8.73. The fourth-order valence-electron chi connectivity index (χ4n) is 3.35. The Bertz CT molecular complexity index is 806. The summed E-state index contributed by atoms with van der Waals surface area (Å²) < 4.78 is 5.20. The third-order valence-corrected chi connectivity index (χ3v) is 5.63. The lowest BCUT2D eigenvalue weighted by molar-refractivity contribution is -0.151. The van der Waals surface area contributed by atoms with E-state index in [2.05, 4.69) is 0 Å². The molecule has 1 aliphatic rings. The van der Waals surface area contributed by atoms with Crippen LogP contribution in [-0.2, 0) is 14.3 Å². The summed E-state index contributed by atoms with van der Waals surface area (Å²) in [6.45, 7) is 2.04. The second-order valence-electron chi connectivity index (χ2n) is 6.58. The number of esters is 1. The van der Waals surface area contributed by atoms with Crippen molar-refractivity contribution >= 4 is 34.3 Å². The molecule has 0 saturated heterocycles. The van der Waals surface area contributed by atoms with E-state index in [4.69, 9.17) is 4.74 Å². The maximum Gasteiger partial charge on any atom is 0.317 e. The lowest BCUT2D eigenvalue weighted by Crippen LogP contribution is -2.33. The number of anilines is 1. The summed E-state index contributed by atoms with van der Waals surface area (Å²) >= 11 is 1.61. The van der Waals surface area contributed by atoms with Crippen molar-refractivity contribution in [3.63, 3.8) is 0 Å². The second kappa shape index (κ2) is 7.87. The normalized spacial score (nSPS) is 19.8. The number of ketones is 1. The largest absolute Gasteiger partial charge is 0.465 e. The van der Waals surface area contributed by atoms with Crippen LogP contribution in [-0.4, -0.2) is 32.5 Å². The van der Waals surface area contributed by atoms with Crippen molar-refractivity contribution in [3.8, 4) is 0 Å². The van der Waals surface area contributed by atoms with Gasteiger partial charge in [0, 0.05) is 30.6 Å². The lowest BCUT2D eigenvalue weighted by Gasteiger charge is -2.29. The lowest BCUT2D eigenvalue weighted by atomic mass is 9.74. The molecule has 136 valence electrons. The average molecular weight is 369 g/mol. The number of hydrogen-bond acceptors (Lipinski definition) is 5. The second-order valence-corrected chi connectivity index (χ2v) is 7.52. The van der Waals surface area contributed by atoms with E-state index in [9.17, 15) is 9.59 Å². The van der Waals surface area contributed by atoms with Crippen LogP contribution in [0.3, 0.4) is 0 Å². The van der Waals surface area contributed by atoms with Gasteiger partial charge in [-0.15, -0.1) is 11.3 Å². The van der Waals surface area contributed by atoms with Crippen LogP contribution in [0.5, 0.6) is 0 Å². The highest BCUT2D eigenvalue weighted by Gasteiger charge is 2.39. The van der Waals surface area contributed by atoms with E-state index < -0.39 is 11.9 Å². The molecule has 0 N–H and O–H groups in total. The summed E-state index contributed by atoms with van der Waals surface area (Å²) in [5, 5.41) is 2.00. The van der Waals surface area contributed by atoms with Gasteiger partial charge in [-0.1, -0.05) is 18.2 Å². The zero-order valence-electron chi connectivity index (χ0n) is 15.3. The number of ether oxygens (including phenoxy) is 1. The minimum absolute atomic E-state index is 0.167. The molecule has 0 fully saturated rings. The highest BCUT2D eigenvalue weighted by Crippen LogP contribution is 2.41. The van der Waals surface area contributed by atoms with Crippen LogP contribution in [0.15, 0.2) is 47.9 Å². The van der Waals surface area contributed by atoms with Crippen molar-refractivity contribution in [2.45, 2.75) is 19.3 Å². The van der Waals surface area contributed by atoms with Gasteiger partial charge in [0.15, 0.2) is 5.78 Å². The van der Waals surface area contributed by atoms with Crippen LogP contribution in [0.4, 0.5) is 5.69 Å². The number of benzene rings is 1. The van der Waals surface area contributed by atoms with Gasteiger partial charge < -0.3 is 9.64 Å². The smallest absolute Gasteiger partial charge is 0.317 e. The molecular weight excluding hydrogens is 346 g/mol. The van der Waals surface area contributed by atoms with Crippen LogP contribution in [0.1, 0.15) is 29.7 Å². The van der Waals surface area contributed by atoms with Gasteiger partial charge in [0.05, 0.1) is 6.61 Å². The highest BCUT2D eigenvalue weighted by atomic mass is 32.1. The number of hydrogen-bond donors (Lipinski definition) is 0. The predicted octanol–water partition coefficient (Wildman–Crippen LogP) is 4.13. The van der Waals surface area contributed by atoms with Gasteiger partial charge in [-0.2, -0.15) is 0 Å². The molecule has 2 aromatic rings. The van der Waals surface area contributed by atoms with Crippen molar-refractivity contribution in [3.05, 3.63) is 58.3 Å². The fraction of sp³-hybridized carbons (Fsp3) is 0.333. The van der Waals surface area contributed by atoms with Crippen LogP contribution < -0.4 is 4.90 Å². The summed E-state index contributed by atoms with van der Waals surface area (Å²) in [4.78, 5) is 28.4. The Balaban J connectivity index is 1.98. The monoisotopic (exact) mass is 369 g/mol. The number of carbonyl (C=O) groups excluding carboxylic acids is 2. The highest BCUT2D eigenvalue weighted by molar-refractivity contribution is 7.11. The van der Waals surface area contributed by atoms with Gasteiger partial charge in [-0.05, 0) is 54.1 Å². The van der Waals surface area contributed by atoms with E-state index in [-0.39, 0.29) is 18.3 Å². The molecule has 0 spiro atoms. The summed E-state index contributed by atoms with van der Waals surface area (Å²) in [5.41, 5.74) is 3.06. The first kappa shape index (κ1) is 18.4. The summed E-state index contributed by atoms with van der Waals surface area (Å²) in [7, 11) is 3.97. The topological polar surface area (TPSA) is 46.6 Å². The van der Waals surface area contributed by atoms with E-state index in [0.29, 0.717) is 6.42 Å². The molecule has 0 radical (unpaired) electrons. The quantitative estimate of drug-likeness (QED) is 0.587. The number of rotatable bonds is 5. The average Bonchev–Trinajstić information content (AvgIpc) is 3.16. The molecule has 3 rings (SSSR count). The van der Waals surface area contributed by atoms with Crippen molar-refractivity contribution in [1.29, 1.82) is 0 Å². The fourth-order valence-corrected chi connectivity index (χ4v) is 4.10. The minimum atomic E-state index is -0.774. The van der Waals surface area contributed by atoms with Gasteiger partial charge >= 0.3 is 5.97 Å². The van der Waals surface area contributed by atoms with Crippen molar-refractivity contribution < 1.29 is 14.3 Å². The summed E-state index contributed by atoms with van der Waals surface area (Å²) in [5.74, 6) is -1.58. The van der Waals surface area contributed by atoms with Crippen molar-refractivity contribution in [2.75, 3.05) is 25.6 Å². The van der Waals surface area contributed by atoms with Gasteiger partial charge in [-0.3, -0.25) is 9.59 Å². The molecule has 0 aliphatic heterocycles. The van der Waals surface area contributed by atoms with E-state index in [0.717, 1.165) is 21.7 Å². The zero-order chi connectivity index (χ0) is 18.7. The molecule has 1 aromatic heterocycles. The molecule has 26 heavy (non-hydrogen) atoms. The van der Waals surface area contributed by atoms with Crippen molar-refractivity contribution in [2.24, 2.45) is 5.92 Å². The first-order chi connectivity index (χ1) is 12.5. The third kappa shape index (κ3) is 3.73. The molecule has 0 amide bonds. The number of carbonyl (C=O) groups is 2. The maximum absolute atomic E-state index is 12.8. The number of allylic oxidation sites excluding steroid dienone is 2. The molecule has 5 heteroatoms. The van der Waals surface area contributed by atoms with E-state index in [1.54, 1.807) is 24.3 Å². The molecule has 0 unspecified atom stereocenters. The van der Waals surface area contributed by atoms with Crippen LogP contribution in [0, 0.1) is 5.92 Å². The van der Waals surface area contributed by atoms with Gasteiger partial charge in [-0.25, -0.2) is 0 Å². The summed E-state index contributed by atoms with van der Waals surface area (Å²) in [6.07, 6.45) is 2.27. The van der Waals surface area contributed by atoms with Crippen LogP contribution >= 0.6 is 11.3 Å². The standard InChI is InChI=1S/C21H23NO3S/c1-4-25-21(24)20-17(14-7-9-16(10-8-14)22(2)3)12-15(13-18(20)23)19-6-5-11-26-19/h5-11,13,17,20H,4,12H2,1-3H3/t17-,20-/m1/s1. The predicted molar refractivity (Wildman–Crippen MR) is 106 cm³/mol. The third-order valence-electron chi connectivity index (χ3n) is 4.68. The molecule has 0 bridgehead atoms. The van der Waals surface area contributed by atoms with Crippen molar-refractivity contribution in [1.82, 2.24) is 0 Å². The Labute approximate surface area is 158 Å². The Hall–Kier alpha value is -2.40. The van der Waals surface area contributed by atoms with E-state index in [1.165, 1.54) is 0 Å². The van der Waals surface area contributed by atoms with Crippen LogP contribution in [0.25, 0.3) is 5.57 Å². The van der Waals surface area contributed by atoms with Gasteiger partial charge in [0.2, 0.25) is 0 Å². The molecule has 4 nitrogen and oxygen atoms in total. The van der Waals surface area contributed by atoms with Gasteiger partial charge in [0.25, 0.3) is 0 Å². The SMILES string of the molecule is CCOC(=O)[C@H]1C(=O)C=C(c2cccs2)C[C@@H]1c1ccc(N(C)C)cc1. The Morgan fingerprint density at radius 1 is 1.23 bits per heavy atom. The maximum atomic E-state index is 12.8. The Morgan fingerprint density at radius 3 is 2.54 bits per heavy atom. The Morgan fingerprint density at radius 2 is 1.96 bits per heavy atom. The van der Waals surface area contributed by atoms with Crippen LogP contribution in [0.2, 0.25) is 0 Å². The zero-order valence-corrected chi connectivity index (χ0v) is 16.1. The first-order valence-corrected chi connectivity index (χ1v) is 9.61. The van der Waals surface area contributed by atoms with E-state index in [1.807, 2.05) is 60.8 Å². The number of thiophene rings is 1. The molecule has 0 saturated carbocycles. The molecule has 1 aromatic carbocycles. The molecule has 2 atom stereocenters. The molecule has 1 heterocycles. The van der Waals surface area contributed by atoms with E-state index >= 15 is 0 Å². The van der Waals surface area contributed by atoms with Gasteiger partial charge in [0.1, 0.15) is 5.92 Å². The Kier molecular flexibility index (Phi) is 5.57. The minimum Gasteiger partial charge on any atom is -0.465 e. The summed E-state index contributed by atoms with van der Waals surface area (Å²) in [6, 6.07) is 12.0. The molecule has 1 aliphatic carbocycles. The molecular formula is C21H23NO3S. The number of nitrogens with zero attached hydrogens (tertiary/aromatic N) is 1.